The monoisotopic (exact) mass is 933 g/mol. The minimum atomic E-state index is -4.60. The van der Waals surface area contributed by atoms with Crippen molar-refractivity contribution in [3.05, 3.63) is 12.2 Å². The highest BCUT2D eigenvalue weighted by atomic mass is 32.2. The quantitative estimate of drug-likeness (QED) is 0.0196. The highest BCUT2D eigenvalue weighted by Crippen LogP contribution is 2.24. The molecule has 0 aromatic carbocycles. The lowest BCUT2D eigenvalue weighted by Crippen LogP contribution is -2.60. The van der Waals surface area contributed by atoms with Crippen molar-refractivity contribution < 1.29 is 56.8 Å². The summed E-state index contributed by atoms with van der Waals surface area (Å²) in [5.41, 5.74) is 0. The van der Waals surface area contributed by atoms with Gasteiger partial charge in [-0.2, -0.15) is 8.42 Å². The fourth-order valence-corrected chi connectivity index (χ4v) is 8.95. The van der Waals surface area contributed by atoms with Crippen molar-refractivity contribution in [1.29, 1.82) is 0 Å². The van der Waals surface area contributed by atoms with Gasteiger partial charge in [-0.15, -0.1) is 0 Å². The van der Waals surface area contributed by atoms with Crippen molar-refractivity contribution in [2.75, 3.05) is 19.0 Å². The lowest BCUT2D eigenvalue weighted by Gasteiger charge is -2.40. The van der Waals surface area contributed by atoms with Gasteiger partial charge in [0.2, 0.25) is 0 Å². The molecule has 1 rings (SSSR count). The van der Waals surface area contributed by atoms with Crippen LogP contribution in [0.3, 0.4) is 0 Å². The van der Waals surface area contributed by atoms with Gasteiger partial charge < -0.3 is 34.3 Å². The average Bonchev–Trinajstić information content (AvgIpc) is 3.26. The van der Waals surface area contributed by atoms with Crippen LogP contribution in [0.5, 0.6) is 0 Å². The molecule has 1 aliphatic rings. The van der Waals surface area contributed by atoms with Gasteiger partial charge in [0.1, 0.15) is 36.8 Å². The number of carbonyl (C=O) groups is 2. The summed E-state index contributed by atoms with van der Waals surface area (Å²) in [6.45, 7) is 3.80. The summed E-state index contributed by atoms with van der Waals surface area (Å²) in [6.07, 6.45) is 36.8. The topological polar surface area (TPSA) is 186 Å². The normalized spacial score (nSPS) is 19.6. The number of rotatable bonds is 45. The molecule has 12 nitrogen and oxygen atoms in total. The molecule has 1 saturated heterocycles. The average molecular weight is 933 g/mol. The molecule has 0 amide bonds. The third kappa shape index (κ3) is 35.6. The van der Waals surface area contributed by atoms with Gasteiger partial charge in [0.25, 0.3) is 10.1 Å². The number of esters is 2. The van der Waals surface area contributed by atoms with E-state index >= 15 is 0 Å². The van der Waals surface area contributed by atoms with Gasteiger partial charge in [0, 0.05) is 12.8 Å². The third-order valence-electron chi connectivity index (χ3n) is 12.3. The Bertz CT molecular complexity index is 1230. The molecule has 13 heteroatoms. The van der Waals surface area contributed by atoms with E-state index in [4.69, 9.17) is 18.9 Å². The molecule has 378 valence electrons. The summed E-state index contributed by atoms with van der Waals surface area (Å²) in [4.78, 5) is 25.5. The van der Waals surface area contributed by atoms with Crippen molar-refractivity contribution >= 4 is 22.1 Å². The van der Waals surface area contributed by atoms with Crippen molar-refractivity contribution in [2.24, 2.45) is 0 Å². The van der Waals surface area contributed by atoms with E-state index in [2.05, 4.69) is 26.0 Å². The van der Waals surface area contributed by atoms with Gasteiger partial charge in [-0.1, -0.05) is 206 Å². The van der Waals surface area contributed by atoms with Gasteiger partial charge in [-0.25, -0.2) is 0 Å². The van der Waals surface area contributed by atoms with Crippen molar-refractivity contribution in [2.45, 2.75) is 282 Å². The second-order valence-electron chi connectivity index (χ2n) is 18.5. The third-order valence-corrected chi connectivity index (χ3v) is 13.1. The van der Waals surface area contributed by atoms with E-state index in [1.54, 1.807) is 0 Å². The van der Waals surface area contributed by atoms with Gasteiger partial charge in [0.15, 0.2) is 12.4 Å². The summed E-state index contributed by atoms with van der Waals surface area (Å²) in [5.74, 6) is -1.97. The van der Waals surface area contributed by atoms with Crippen LogP contribution in [0, 0.1) is 0 Å². The number of unbranched alkanes of at least 4 members (excludes halogenated alkanes) is 31. The first-order valence-electron chi connectivity index (χ1n) is 26.2. The summed E-state index contributed by atoms with van der Waals surface area (Å²) >= 11 is 0. The molecule has 0 aliphatic carbocycles. The minimum absolute atomic E-state index is 0.164. The highest BCUT2D eigenvalue weighted by molar-refractivity contribution is 7.85. The van der Waals surface area contributed by atoms with E-state index in [-0.39, 0.29) is 19.4 Å². The van der Waals surface area contributed by atoms with E-state index in [9.17, 15) is 37.9 Å². The maximum absolute atomic E-state index is 12.9. The molecule has 4 N–H and O–H groups in total. The van der Waals surface area contributed by atoms with Crippen LogP contribution in [-0.4, -0.2) is 96.0 Å². The summed E-state index contributed by atoms with van der Waals surface area (Å²) in [7, 11) is -4.60. The summed E-state index contributed by atoms with van der Waals surface area (Å²) in [6, 6.07) is 0. The molecule has 6 atom stereocenters. The number of hydrogen-bond acceptors (Lipinski definition) is 11. The van der Waals surface area contributed by atoms with E-state index in [0.29, 0.717) is 12.8 Å². The summed E-state index contributed by atoms with van der Waals surface area (Å²) in [5, 5.41) is 31.0. The number of aliphatic hydroxyl groups excluding tert-OH is 3. The number of carbonyl (C=O) groups excluding carboxylic acids is 2. The SMILES string of the molecule is CCCCCCCCC/C=C\CCCCCCCCCC(=O)OC(COC(=O)CCCCCCCCCCCCCCCCCCCC)COC1OC(CS(=O)(=O)O)C(O)C(O)C1O. The first kappa shape index (κ1) is 60.4. The van der Waals surface area contributed by atoms with Crippen molar-refractivity contribution in [3.63, 3.8) is 0 Å². The van der Waals surface area contributed by atoms with Crippen LogP contribution in [0.2, 0.25) is 0 Å². The molecule has 6 unspecified atom stereocenters. The Kier molecular flexibility index (Phi) is 39.2. The molecule has 64 heavy (non-hydrogen) atoms. The van der Waals surface area contributed by atoms with Gasteiger partial charge in [0.05, 0.1) is 6.61 Å². The fourth-order valence-electron chi connectivity index (χ4n) is 8.26. The van der Waals surface area contributed by atoms with E-state index in [1.165, 1.54) is 154 Å². The van der Waals surface area contributed by atoms with Crippen LogP contribution in [-0.2, 0) is 38.7 Å². The molecular formula is C51H96O12S. The standard InChI is InChI=1S/C51H96O12S/c1-3-5-7-9-11-13-15-17-19-21-23-25-27-29-31-33-35-37-39-46(52)60-41-44(42-61-51-50(56)49(55)48(54)45(63-51)43-64(57,58)59)62-47(53)40-38-36-34-32-30-28-26-24-22-20-18-16-14-12-10-8-6-4-2/h20,22,44-45,48-51,54-56H,3-19,21,23-43H2,1-2H3,(H,57,58,59)/b22-20-. The van der Waals surface area contributed by atoms with Crippen LogP contribution in [0.4, 0.5) is 0 Å². The Morgan fingerprint density at radius 3 is 1.30 bits per heavy atom. The molecule has 0 spiro atoms. The largest absolute Gasteiger partial charge is 0.462 e. The number of allylic oxidation sites excluding steroid dienone is 2. The maximum atomic E-state index is 12.9. The molecule has 0 bridgehead atoms. The molecule has 0 radical (unpaired) electrons. The Balaban J connectivity index is 2.36. The Morgan fingerprint density at radius 2 is 0.891 bits per heavy atom. The zero-order valence-electron chi connectivity index (χ0n) is 40.7. The predicted molar refractivity (Wildman–Crippen MR) is 257 cm³/mol. The highest BCUT2D eigenvalue weighted by Gasteiger charge is 2.46. The predicted octanol–water partition coefficient (Wildman–Crippen LogP) is 11.8. The van der Waals surface area contributed by atoms with Crippen LogP contribution in [0.15, 0.2) is 12.2 Å². The zero-order valence-corrected chi connectivity index (χ0v) is 41.5. The van der Waals surface area contributed by atoms with Gasteiger partial charge in [-0.05, 0) is 38.5 Å². The lowest BCUT2D eigenvalue weighted by molar-refractivity contribution is -0.297. The van der Waals surface area contributed by atoms with Crippen LogP contribution in [0.25, 0.3) is 0 Å². The minimum Gasteiger partial charge on any atom is -0.462 e. The van der Waals surface area contributed by atoms with Crippen LogP contribution in [0.1, 0.15) is 245 Å². The molecule has 1 aliphatic heterocycles. The molecule has 1 fully saturated rings. The van der Waals surface area contributed by atoms with Crippen molar-refractivity contribution in [1.82, 2.24) is 0 Å². The second kappa shape index (κ2) is 41.6. The zero-order chi connectivity index (χ0) is 46.9. The second-order valence-corrected chi connectivity index (χ2v) is 20.0. The number of ether oxygens (including phenoxy) is 4. The molecule has 1 heterocycles. The Morgan fingerprint density at radius 1 is 0.516 bits per heavy atom. The van der Waals surface area contributed by atoms with Crippen LogP contribution >= 0.6 is 0 Å². The number of hydrogen-bond donors (Lipinski definition) is 4. The Hall–Kier alpha value is -1.61. The smallest absolute Gasteiger partial charge is 0.306 e. The molecule has 0 aromatic heterocycles. The molecule has 0 aromatic rings. The first-order chi connectivity index (χ1) is 31.0. The van der Waals surface area contributed by atoms with Gasteiger partial charge >= 0.3 is 11.9 Å². The number of aliphatic hydroxyl groups is 3. The maximum Gasteiger partial charge on any atom is 0.306 e. The Labute approximate surface area is 390 Å². The lowest BCUT2D eigenvalue weighted by atomic mass is 10.00. The van der Waals surface area contributed by atoms with Crippen molar-refractivity contribution in [3.8, 4) is 0 Å². The van der Waals surface area contributed by atoms with Crippen LogP contribution < -0.4 is 0 Å². The van der Waals surface area contributed by atoms with E-state index in [0.717, 1.165) is 51.4 Å². The molecule has 0 saturated carbocycles. The molecular weight excluding hydrogens is 837 g/mol. The van der Waals surface area contributed by atoms with E-state index < -0.39 is 71.2 Å². The fraction of sp³-hybridized carbons (Fsp3) is 0.922. The summed E-state index contributed by atoms with van der Waals surface area (Å²) < 4.78 is 54.3. The van der Waals surface area contributed by atoms with Gasteiger partial charge in [-0.3, -0.25) is 14.1 Å². The first-order valence-corrected chi connectivity index (χ1v) is 27.9. The van der Waals surface area contributed by atoms with E-state index in [1.807, 2.05) is 0 Å².